The van der Waals surface area contributed by atoms with Gasteiger partial charge in [0.1, 0.15) is 5.76 Å². The van der Waals surface area contributed by atoms with Crippen LogP contribution < -0.4 is 0 Å². The summed E-state index contributed by atoms with van der Waals surface area (Å²) in [6, 6.07) is 0. The minimum atomic E-state index is -2.60. The highest BCUT2D eigenvalue weighted by Gasteiger charge is 2.40. The van der Waals surface area contributed by atoms with Gasteiger partial charge < -0.3 is 9.39 Å². The number of hydrogen-bond acceptors (Lipinski definition) is 5. The van der Waals surface area contributed by atoms with Crippen LogP contribution in [-0.4, -0.2) is 25.9 Å². The Morgan fingerprint density at radius 3 is 2.85 bits per heavy atom. The van der Waals surface area contributed by atoms with Gasteiger partial charge in [0, 0.05) is 12.0 Å². The molecule has 0 N–H and O–H groups in total. The van der Waals surface area contributed by atoms with Gasteiger partial charge >= 0.3 is 0 Å². The Morgan fingerprint density at radius 2 is 2.54 bits per heavy atom. The van der Waals surface area contributed by atoms with E-state index in [9.17, 15) is 8.76 Å². The van der Waals surface area contributed by atoms with Crippen molar-refractivity contribution in [2.24, 2.45) is 5.11 Å². The largest absolute Gasteiger partial charge is 0.770 e. The Hall–Kier alpha value is -1.08. The van der Waals surface area contributed by atoms with Crippen LogP contribution in [0.3, 0.4) is 0 Å². The van der Waals surface area contributed by atoms with Crippen LogP contribution in [0.5, 0.6) is 0 Å². The molecule has 0 bridgehead atoms. The lowest BCUT2D eigenvalue weighted by molar-refractivity contribution is -0.104. The van der Waals surface area contributed by atoms with Gasteiger partial charge in [0.15, 0.2) is 0 Å². The van der Waals surface area contributed by atoms with Crippen LogP contribution in [0.4, 0.5) is 0 Å². The molecule has 0 aromatic rings. The molecule has 0 saturated carbocycles. The molecule has 72 valence electrons. The predicted molar refractivity (Wildman–Crippen MR) is 43.4 cm³/mol. The number of allylic oxidation sites excluding steroid dienone is 1. The van der Waals surface area contributed by atoms with Crippen molar-refractivity contribution in [2.75, 3.05) is 7.05 Å². The highest BCUT2D eigenvalue weighted by Crippen LogP contribution is 2.30. The van der Waals surface area contributed by atoms with Gasteiger partial charge in [-0.25, -0.2) is 0 Å². The molecule has 2 unspecified atom stereocenters. The molecule has 0 spiro atoms. The third-order valence-corrected chi connectivity index (χ3v) is 2.50. The van der Waals surface area contributed by atoms with E-state index in [4.69, 9.17) is 10.4 Å². The van der Waals surface area contributed by atoms with E-state index in [1.807, 2.05) is 0 Å². The van der Waals surface area contributed by atoms with Crippen LogP contribution in [-0.2, 0) is 15.9 Å². The second-order valence-corrected chi connectivity index (χ2v) is 3.50. The normalized spacial score (nSPS) is 30.2. The highest BCUT2D eigenvalue weighted by molar-refractivity contribution is 7.80. The molecule has 1 aliphatic rings. The van der Waals surface area contributed by atoms with Crippen molar-refractivity contribution in [3.05, 3.63) is 22.3 Å². The van der Waals surface area contributed by atoms with Crippen LogP contribution in [0.25, 0.3) is 10.4 Å². The summed E-state index contributed by atoms with van der Waals surface area (Å²) >= 11 is -2.60. The minimum absolute atomic E-state index is 0.374. The number of hydroxylamine groups is 2. The van der Waals surface area contributed by atoms with Gasteiger partial charge in [-0.05, 0) is 29.6 Å². The first-order valence-electron chi connectivity index (χ1n) is 3.30. The molecule has 0 radical (unpaired) electrons. The van der Waals surface area contributed by atoms with E-state index in [1.165, 1.54) is 13.1 Å². The van der Waals surface area contributed by atoms with Gasteiger partial charge in [0.25, 0.3) is 0 Å². The fourth-order valence-electron chi connectivity index (χ4n) is 1.01. The maximum atomic E-state index is 10.8. The predicted octanol–water partition coefficient (Wildman–Crippen LogP) is 0.610. The molecule has 0 aliphatic carbocycles. The zero-order chi connectivity index (χ0) is 10.1. The van der Waals surface area contributed by atoms with E-state index in [0.29, 0.717) is 5.76 Å². The molecular formula is C5H7N4O3S-. The molecule has 1 heterocycles. The molecular weight excluding hydrogens is 196 g/mol. The standard InChI is InChI=1S/C5H8N4O3S/c1-4-3-5(7-8-6,13(10)11)9(2)12-4/h3H,1-2H3,(H,10,11)/p-1. The first-order chi connectivity index (χ1) is 6.03. The number of hydrogen-bond donors (Lipinski definition) is 0. The van der Waals surface area contributed by atoms with Gasteiger partial charge in [0.2, 0.25) is 4.99 Å². The first kappa shape index (κ1) is 10.0. The molecule has 8 heteroatoms. The second kappa shape index (κ2) is 3.35. The number of azide groups is 1. The molecule has 2 atom stereocenters. The topological polar surface area (TPSA) is 101 Å². The molecule has 0 fully saturated rings. The van der Waals surface area contributed by atoms with Crippen molar-refractivity contribution in [2.45, 2.75) is 11.9 Å². The van der Waals surface area contributed by atoms with Crippen LogP contribution in [0.15, 0.2) is 16.9 Å². The maximum Gasteiger partial charge on any atom is 0.217 e. The van der Waals surface area contributed by atoms with Crippen molar-refractivity contribution in [3.63, 3.8) is 0 Å². The molecule has 1 aliphatic heterocycles. The number of nitrogens with zero attached hydrogens (tertiary/aromatic N) is 4. The van der Waals surface area contributed by atoms with Crippen molar-refractivity contribution in [1.82, 2.24) is 5.06 Å². The summed E-state index contributed by atoms with van der Waals surface area (Å²) in [4.78, 5) is 5.64. The Morgan fingerprint density at radius 1 is 1.92 bits per heavy atom. The van der Waals surface area contributed by atoms with E-state index in [0.717, 1.165) is 5.06 Å². The quantitative estimate of drug-likeness (QED) is 0.284. The molecule has 7 nitrogen and oxygen atoms in total. The Balaban J connectivity index is 3.18. The van der Waals surface area contributed by atoms with Crippen molar-refractivity contribution in [3.8, 4) is 0 Å². The van der Waals surface area contributed by atoms with E-state index in [-0.39, 0.29) is 0 Å². The number of likely N-dealkylation sites (N-methyl/N-ethyl adjacent to an activating group) is 1. The van der Waals surface area contributed by atoms with E-state index >= 15 is 0 Å². The fraction of sp³-hybridized carbons (Fsp3) is 0.600. The molecule has 0 amide bonds. The minimum Gasteiger partial charge on any atom is -0.770 e. The molecule has 1 rings (SSSR count). The summed E-state index contributed by atoms with van der Waals surface area (Å²) < 4.78 is 21.7. The summed E-state index contributed by atoms with van der Waals surface area (Å²) in [7, 11) is 1.37. The van der Waals surface area contributed by atoms with Gasteiger partial charge in [-0.2, -0.15) is 0 Å². The Bertz CT molecular complexity index is 320. The third-order valence-electron chi connectivity index (χ3n) is 1.56. The third kappa shape index (κ3) is 1.52. The van der Waals surface area contributed by atoms with Crippen LogP contribution in [0.2, 0.25) is 0 Å². The lowest BCUT2D eigenvalue weighted by atomic mass is 10.4. The van der Waals surface area contributed by atoms with Crippen molar-refractivity contribution in [1.29, 1.82) is 0 Å². The van der Waals surface area contributed by atoms with E-state index < -0.39 is 16.1 Å². The summed E-state index contributed by atoms with van der Waals surface area (Å²) in [6.45, 7) is 1.57. The van der Waals surface area contributed by atoms with Gasteiger partial charge in [-0.3, -0.25) is 4.21 Å². The zero-order valence-corrected chi connectivity index (χ0v) is 7.82. The molecule has 0 aromatic carbocycles. The average Bonchev–Trinajstić information content (AvgIpc) is 2.28. The zero-order valence-electron chi connectivity index (χ0n) is 7.00. The van der Waals surface area contributed by atoms with Gasteiger partial charge in [-0.1, -0.05) is 5.11 Å². The maximum absolute atomic E-state index is 10.8. The SMILES string of the molecule is CC1=CC(N=[N+]=[N-])(S(=O)[O-])N(C)O1. The average molecular weight is 203 g/mol. The monoisotopic (exact) mass is 203 g/mol. The lowest BCUT2D eigenvalue weighted by Crippen LogP contribution is -2.42. The van der Waals surface area contributed by atoms with E-state index in [2.05, 4.69) is 10.0 Å². The van der Waals surface area contributed by atoms with Crippen molar-refractivity contribution >= 4 is 11.1 Å². The van der Waals surface area contributed by atoms with E-state index in [1.54, 1.807) is 6.92 Å². The summed E-state index contributed by atoms with van der Waals surface area (Å²) in [6.07, 6.45) is 1.23. The van der Waals surface area contributed by atoms with Crippen molar-refractivity contribution < 1.29 is 13.6 Å². The molecule has 0 saturated heterocycles. The van der Waals surface area contributed by atoms with Crippen LogP contribution in [0, 0.1) is 0 Å². The number of rotatable bonds is 2. The van der Waals surface area contributed by atoms with Crippen LogP contribution >= 0.6 is 0 Å². The first-order valence-corrected chi connectivity index (χ1v) is 4.37. The highest BCUT2D eigenvalue weighted by atomic mass is 32.2. The van der Waals surface area contributed by atoms with Gasteiger partial charge in [0.05, 0.1) is 0 Å². The fourth-order valence-corrected chi connectivity index (χ4v) is 1.62. The molecule has 0 aromatic heterocycles. The van der Waals surface area contributed by atoms with Gasteiger partial charge in [-0.15, -0.1) is 5.06 Å². The summed E-state index contributed by atoms with van der Waals surface area (Å²) in [5.74, 6) is 0.374. The summed E-state index contributed by atoms with van der Waals surface area (Å²) in [5.41, 5.74) is 8.22. The smallest absolute Gasteiger partial charge is 0.217 e. The van der Waals surface area contributed by atoms with Crippen LogP contribution in [0.1, 0.15) is 6.92 Å². The second-order valence-electron chi connectivity index (χ2n) is 2.43. The Labute approximate surface area is 76.8 Å². The lowest BCUT2D eigenvalue weighted by Gasteiger charge is -2.29. The Kier molecular flexibility index (Phi) is 2.58. The molecule has 13 heavy (non-hydrogen) atoms. The summed E-state index contributed by atoms with van der Waals surface area (Å²) in [5, 5.41) is 4.16.